The first-order valence-electron chi connectivity index (χ1n) is 6.78. The Balaban J connectivity index is 2.06. The highest BCUT2D eigenvalue weighted by molar-refractivity contribution is 7.88. The van der Waals surface area contributed by atoms with Crippen LogP contribution in [0.25, 0.3) is 0 Å². The number of nitrogens with zero attached hydrogens (tertiary/aromatic N) is 1. The summed E-state index contributed by atoms with van der Waals surface area (Å²) in [6.07, 6.45) is 1.94. The maximum absolute atomic E-state index is 12.1. The number of para-hydroxylation sites is 1. The van der Waals surface area contributed by atoms with Crippen LogP contribution < -0.4 is 4.72 Å². The smallest absolute Gasteiger partial charge is 0.273 e. The second-order valence-corrected chi connectivity index (χ2v) is 7.02. The molecule has 2 rings (SSSR count). The first-order valence-corrected chi connectivity index (χ1v) is 8.43. The Labute approximate surface area is 123 Å². The third-order valence-electron chi connectivity index (χ3n) is 3.58. The van der Waals surface area contributed by atoms with E-state index in [4.69, 9.17) is 0 Å². The first kappa shape index (κ1) is 15.9. The van der Waals surface area contributed by atoms with Crippen molar-refractivity contribution in [3.63, 3.8) is 0 Å². The van der Waals surface area contributed by atoms with Gasteiger partial charge >= 0.3 is 0 Å². The highest BCUT2D eigenvalue weighted by atomic mass is 32.2. The van der Waals surface area contributed by atoms with Gasteiger partial charge in [-0.3, -0.25) is 10.1 Å². The minimum absolute atomic E-state index is 0.172. The minimum Gasteiger partial charge on any atom is -0.393 e. The van der Waals surface area contributed by atoms with Crippen molar-refractivity contribution in [1.82, 2.24) is 4.72 Å². The quantitative estimate of drug-likeness (QED) is 0.629. The van der Waals surface area contributed by atoms with Crippen LogP contribution in [0.2, 0.25) is 0 Å². The van der Waals surface area contributed by atoms with Crippen molar-refractivity contribution in [2.24, 2.45) is 0 Å². The van der Waals surface area contributed by atoms with Gasteiger partial charge in [0.05, 0.1) is 16.8 Å². The van der Waals surface area contributed by atoms with Crippen molar-refractivity contribution in [2.75, 3.05) is 0 Å². The zero-order valence-corrected chi connectivity index (χ0v) is 12.3. The number of nitro groups is 1. The van der Waals surface area contributed by atoms with Gasteiger partial charge in [-0.15, -0.1) is 0 Å². The number of hydrogen-bond donors (Lipinski definition) is 2. The van der Waals surface area contributed by atoms with Crippen LogP contribution in [0.5, 0.6) is 0 Å². The standard InChI is InChI=1S/C13H18N2O5S/c16-12-7-5-11(6-8-12)14-21(19,20)9-10-3-1-2-4-13(10)15(17)18/h1-4,11-12,14,16H,5-9H2. The fourth-order valence-corrected chi connectivity index (χ4v) is 3.99. The van der Waals surface area contributed by atoms with E-state index in [1.54, 1.807) is 6.07 Å². The molecular weight excluding hydrogens is 296 g/mol. The van der Waals surface area contributed by atoms with Gasteiger partial charge in [0.25, 0.3) is 5.69 Å². The van der Waals surface area contributed by atoms with Gasteiger partial charge in [0, 0.05) is 17.7 Å². The van der Waals surface area contributed by atoms with Crippen LogP contribution in [0.3, 0.4) is 0 Å². The summed E-state index contributed by atoms with van der Waals surface area (Å²) in [5.41, 5.74) is -0.0206. The predicted octanol–water partition coefficient (Wildman–Crippen LogP) is 1.32. The molecule has 0 bridgehead atoms. The van der Waals surface area contributed by atoms with Gasteiger partial charge in [0.2, 0.25) is 10.0 Å². The number of sulfonamides is 1. The molecule has 0 radical (unpaired) electrons. The maximum atomic E-state index is 12.1. The monoisotopic (exact) mass is 314 g/mol. The highest BCUT2D eigenvalue weighted by Crippen LogP contribution is 2.22. The number of benzene rings is 1. The average molecular weight is 314 g/mol. The Hall–Kier alpha value is -1.51. The number of hydrogen-bond acceptors (Lipinski definition) is 5. The van der Waals surface area contributed by atoms with Crippen molar-refractivity contribution in [2.45, 2.75) is 43.6 Å². The fourth-order valence-electron chi connectivity index (χ4n) is 2.50. The number of aliphatic hydroxyl groups is 1. The number of rotatable bonds is 5. The molecule has 0 spiro atoms. The molecule has 1 aliphatic rings. The van der Waals surface area contributed by atoms with Gasteiger partial charge in [0.15, 0.2) is 0 Å². The molecule has 0 saturated heterocycles. The fraction of sp³-hybridized carbons (Fsp3) is 0.538. The predicted molar refractivity (Wildman–Crippen MR) is 77.1 cm³/mol. The Kier molecular flexibility index (Phi) is 4.92. The van der Waals surface area contributed by atoms with Crippen LogP contribution in [0.4, 0.5) is 5.69 Å². The van der Waals surface area contributed by atoms with Gasteiger partial charge < -0.3 is 5.11 Å². The van der Waals surface area contributed by atoms with E-state index in [0.717, 1.165) is 0 Å². The van der Waals surface area contributed by atoms with Crippen molar-refractivity contribution in [3.8, 4) is 0 Å². The molecule has 7 nitrogen and oxygen atoms in total. The lowest BCUT2D eigenvalue weighted by Gasteiger charge is -2.25. The first-order chi connectivity index (χ1) is 9.87. The van der Waals surface area contributed by atoms with Crippen LogP contribution in [-0.2, 0) is 15.8 Å². The Morgan fingerprint density at radius 3 is 2.48 bits per heavy atom. The van der Waals surface area contributed by atoms with Gasteiger partial charge in [-0.1, -0.05) is 18.2 Å². The van der Waals surface area contributed by atoms with Crippen molar-refractivity contribution >= 4 is 15.7 Å². The van der Waals surface area contributed by atoms with Gasteiger partial charge in [-0.2, -0.15) is 0 Å². The Bertz CT molecular complexity index is 609. The van der Waals surface area contributed by atoms with Crippen LogP contribution in [0.15, 0.2) is 24.3 Å². The van der Waals surface area contributed by atoms with E-state index < -0.39 is 20.7 Å². The van der Waals surface area contributed by atoms with E-state index >= 15 is 0 Å². The summed E-state index contributed by atoms with van der Waals surface area (Å²) in [5, 5.41) is 20.3. The lowest BCUT2D eigenvalue weighted by Crippen LogP contribution is -2.39. The molecule has 1 fully saturated rings. The largest absolute Gasteiger partial charge is 0.393 e. The molecule has 0 heterocycles. The second-order valence-electron chi connectivity index (χ2n) is 5.27. The van der Waals surface area contributed by atoms with Gasteiger partial charge in [-0.05, 0) is 25.7 Å². The average Bonchev–Trinajstić information content (AvgIpc) is 2.41. The van der Waals surface area contributed by atoms with Crippen LogP contribution >= 0.6 is 0 Å². The maximum Gasteiger partial charge on any atom is 0.273 e. The van der Waals surface area contributed by atoms with Crippen LogP contribution in [0.1, 0.15) is 31.2 Å². The molecule has 1 aromatic carbocycles. The summed E-state index contributed by atoms with van der Waals surface area (Å²) >= 11 is 0. The molecule has 21 heavy (non-hydrogen) atoms. The molecule has 0 aliphatic heterocycles. The lowest BCUT2D eigenvalue weighted by molar-refractivity contribution is -0.385. The minimum atomic E-state index is -3.64. The van der Waals surface area contributed by atoms with E-state index in [9.17, 15) is 23.6 Å². The zero-order valence-electron chi connectivity index (χ0n) is 11.4. The SMILES string of the molecule is O=[N+]([O-])c1ccccc1CS(=O)(=O)NC1CCC(O)CC1. The lowest BCUT2D eigenvalue weighted by atomic mass is 9.94. The molecule has 2 N–H and O–H groups in total. The normalized spacial score (nSPS) is 22.9. The molecule has 1 aromatic rings. The van der Waals surface area contributed by atoms with E-state index in [0.29, 0.717) is 25.7 Å². The summed E-state index contributed by atoms with van der Waals surface area (Å²) in [6, 6.07) is 5.62. The van der Waals surface area contributed by atoms with Crippen LogP contribution in [0, 0.1) is 10.1 Å². The molecule has 116 valence electrons. The van der Waals surface area contributed by atoms with Crippen molar-refractivity contribution < 1.29 is 18.4 Å². The van der Waals surface area contributed by atoms with E-state index in [2.05, 4.69) is 4.72 Å². The van der Waals surface area contributed by atoms with Crippen LogP contribution in [-0.4, -0.2) is 30.6 Å². The third kappa shape index (κ3) is 4.48. The highest BCUT2D eigenvalue weighted by Gasteiger charge is 2.25. The molecule has 1 saturated carbocycles. The van der Waals surface area contributed by atoms with E-state index in [-0.39, 0.29) is 23.4 Å². The summed E-state index contributed by atoms with van der Waals surface area (Å²) in [6.45, 7) is 0. The zero-order chi connectivity index (χ0) is 15.5. The van der Waals surface area contributed by atoms with E-state index in [1.165, 1.54) is 18.2 Å². The summed E-state index contributed by atoms with van der Waals surface area (Å²) in [7, 11) is -3.64. The molecule has 0 atom stereocenters. The summed E-state index contributed by atoms with van der Waals surface area (Å²) in [5.74, 6) is -0.413. The van der Waals surface area contributed by atoms with Crippen molar-refractivity contribution in [1.29, 1.82) is 0 Å². The molecule has 1 aliphatic carbocycles. The summed E-state index contributed by atoms with van der Waals surface area (Å²) in [4.78, 5) is 10.3. The van der Waals surface area contributed by atoms with E-state index in [1.807, 2.05) is 0 Å². The Morgan fingerprint density at radius 1 is 1.24 bits per heavy atom. The van der Waals surface area contributed by atoms with Gasteiger partial charge in [0.1, 0.15) is 0 Å². The number of nitrogens with one attached hydrogen (secondary N) is 1. The van der Waals surface area contributed by atoms with Gasteiger partial charge in [-0.25, -0.2) is 13.1 Å². The number of aliphatic hydroxyl groups excluding tert-OH is 1. The summed E-state index contributed by atoms with van der Waals surface area (Å²) < 4.78 is 26.8. The molecular formula is C13H18N2O5S. The number of nitro benzene ring substituents is 1. The third-order valence-corrected chi connectivity index (χ3v) is 4.96. The molecule has 8 heteroatoms. The topological polar surface area (TPSA) is 110 Å². The molecule has 0 aromatic heterocycles. The molecule has 0 unspecified atom stereocenters. The molecule has 0 amide bonds. The Morgan fingerprint density at radius 2 is 1.86 bits per heavy atom. The van der Waals surface area contributed by atoms with Crippen molar-refractivity contribution in [3.05, 3.63) is 39.9 Å². The second kappa shape index (κ2) is 6.50.